The molecule has 2 saturated carbocycles. The standard InChI is InChI=1S/C28H33NO3S.C13H23B2F3S/c1-3-17-14-22-18(4-5-21-20(22)8-11-28(2)23(21)6-7-26(28)30)15-24(17)32-27(31)29-12-9-25-19(16-29)10-13-33-25;1-6-10(2,3)11(4,5)19-9-7-8-12(14,16)13(15,17)18/h10,13-15,20-21,23H,3-9,11-12,16H2,1-2H3;6-9H2,1-5H3. The Bertz CT molecular complexity index is 1610. The minimum absolute atomic E-state index is 0.0133. The Morgan fingerprint density at radius 1 is 1.06 bits per heavy atom. The molecule has 52 heavy (non-hydrogen) atoms. The Morgan fingerprint density at radius 3 is 2.46 bits per heavy atom. The van der Waals surface area contributed by atoms with Crippen LogP contribution in [0.1, 0.15) is 133 Å². The molecule has 0 saturated heterocycles. The number of rotatable bonds is 10. The number of aryl methyl sites for hydroxylation is 2. The maximum atomic E-state index is 13.4. The number of fused-ring (bicyclic) bond motifs is 6. The van der Waals surface area contributed by atoms with Gasteiger partial charge in [0.25, 0.3) is 0 Å². The molecule has 4 aliphatic rings. The zero-order chi connectivity index (χ0) is 38.3. The van der Waals surface area contributed by atoms with E-state index in [0.717, 1.165) is 75.6 Å². The first kappa shape index (κ1) is 41.3. The quantitative estimate of drug-likeness (QED) is 0.179. The van der Waals surface area contributed by atoms with Crippen molar-refractivity contribution >= 4 is 50.7 Å². The minimum atomic E-state index is -3.99. The number of hydrogen-bond donors (Lipinski definition) is 0. The lowest BCUT2D eigenvalue weighted by molar-refractivity contribution is -0.129. The Kier molecular flexibility index (Phi) is 12.5. The van der Waals surface area contributed by atoms with Gasteiger partial charge in [0.2, 0.25) is 5.82 Å². The second kappa shape index (κ2) is 15.7. The highest BCUT2D eigenvalue weighted by Gasteiger charge is 2.54. The minimum Gasteiger partial charge on any atom is -0.410 e. The van der Waals surface area contributed by atoms with Crippen LogP contribution < -0.4 is 4.74 Å². The highest BCUT2D eigenvalue weighted by molar-refractivity contribution is 8.00. The summed E-state index contributed by atoms with van der Waals surface area (Å²) in [6, 6.07) is 6.62. The first-order valence-corrected chi connectivity index (χ1v) is 21.1. The number of carbonyl (C=O) groups excluding carboxylic acids is 2. The molecule has 2 heterocycles. The molecule has 4 radical (unpaired) electrons. The highest BCUT2D eigenvalue weighted by atomic mass is 32.2. The molecule has 0 N–H and O–H groups in total. The van der Waals surface area contributed by atoms with Crippen molar-refractivity contribution in [1.29, 1.82) is 0 Å². The molecule has 2 fully saturated rings. The van der Waals surface area contributed by atoms with Gasteiger partial charge in [-0.15, -0.1) is 11.3 Å². The van der Waals surface area contributed by atoms with Crippen LogP contribution in [-0.2, 0) is 30.6 Å². The van der Waals surface area contributed by atoms with Gasteiger partial charge in [-0.1, -0.05) is 54.5 Å². The van der Waals surface area contributed by atoms with E-state index < -0.39 is 17.8 Å². The van der Waals surface area contributed by atoms with Crippen molar-refractivity contribution in [1.82, 2.24) is 4.90 Å². The van der Waals surface area contributed by atoms with E-state index in [0.29, 0.717) is 35.8 Å². The average Bonchev–Trinajstić information content (AvgIpc) is 3.69. The van der Waals surface area contributed by atoms with Gasteiger partial charge in [-0.25, -0.2) is 18.0 Å². The summed E-state index contributed by atoms with van der Waals surface area (Å²) in [4.78, 5) is 28.9. The van der Waals surface area contributed by atoms with Crippen molar-refractivity contribution in [3.8, 4) is 5.75 Å². The van der Waals surface area contributed by atoms with Crippen LogP contribution in [-0.4, -0.2) is 60.9 Å². The highest BCUT2D eigenvalue weighted by Crippen LogP contribution is 2.60. The van der Waals surface area contributed by atoms with Crippen LogP contribution in [0.15, 0.2) is 23.6 Å². The molecule has 6 rings (SSSR count). The van der Waals surface area contributed by atoms with Gasteiger partial charge in [0.15, 0.2) is 7.85 Å². The number of alkyl halides is 3. The molecule has 282 valence electrons. The first-order valence-electron chi connectivity index (χ1n) is 19.2. The van der Waals surface area contributed by atoms with Gasteiger partial charge in [-0.3, -0.25) is 4.79 Å². The van der Waals surface area contributed by atoms with Gasteiger partial charge in [0.1, 0.15) is 24.9 Å². The zero-order valence-corrected chi connectivity index (χ0v) is 33.9. The summed E-state index contributed by atoms with van der Waals surface area (Å²) in [6.07, 6.45) is 8.53. The number of thiophene rings is 1. The van der Waals surface area contributed by atoms with Crippen LogP contribution >= 0.6 is 23.1 Å². The lowest BCUT2D eigenvalue weighted by Gasteiger charge is -2.48. The van der Waals surface area contributed by atoms with Crippen LogP contribution in [0.5, 0.6) is 5.75 Å². The molecule has 0 bridgehead atoms. The number of benzene rings is 1. The molecule has 5 atom stereocenters. The number of nitrogens with zero attached hydrogens (tertiary/aromatic N) is 1. The summed E-state index contributed by atoms with van der Waals surface area (Å²) in [5.74, 6) is -0.458. The number of amides is 1. The molecule has 4 nitrogen and oxygen atoms in total. The lowest BCUT2D eigenvalue weighted by Crippen LogP contribution is -2.45. The van der Waals surface area contributed by atoms with E-state index in [1.54, 1.807) is 23.1 Å². The fourth-order valence-electron chi connectivity index (χ4n) is 8.80. The summed E-state index contributed by atoms with van der Waals surface area (Å²) in [5, 5.41) is 2.11. The first-order chi connectivity index (χ1) is 24.2. The molecule has 11 heteroatoms. The summed E-state index contributed by atoms with van der Waals surface area (Å²) in [5.41, 5.74) is 2.10. The van der Waals surface area contributed by atoms with Gasteiger partial charge in [-0.2, -0.15) is 11.8 Å². The number of ketones is 1. The van der Waals surface area contributed by atoms with Crippen LogP contribution in [0.2, 0.25) is 0 Å². The number of ether oxygens (including phenoxy) is 1. The van der Waals surface area contributed by atoms with Crippen molar-refractivity contribution in [3.05, 3.63) is 50.7 Å². The second-order valence-electron chi connectivity index (χ2n) is 16.9. The molecular formula is C41H56B2F3NO3S2. The fraction of sp³-hybridized carbons (Fsp3) is 0.707. The second-order valence-corrected chi connectivity index (χ2v) is 19.7. The third-order valence-corrected chi connectivity index (χ3v) is 16.3. The van der Waals surface area contributed by atoms with Crippen LogP contribution in [0.25, 0.3) is 0 Å². The number of halogens is 3. The maximum absolute atomic E-state index is 13.4. The van der Waals surface area contributed by atoms with Crippen LogP contribution in [0, 0.1) is 22.7 Å². The molecule has 3 aliphatic carbocycles. The summed E-state index contributed by atoms with van der Waals surface area (Å²) < 4.78 is 44.8. The third kappa shape index (κ3) is 8.35. The van der Waals surface area contributed by atoms with Gasteiger partial charge < -0.3 is 9.64 Å². The van der Waals surface area contributed by atoms with Crippen molar-refractivity contribution in [2.45, 2.75) is 148 Å². The summed E-state index contributed by atoms with van der Waals surface area (Å²) in [7, 11) is 9.34. The topological polar surface area (TPSA) is 46.6 Å². The van der Waals surface area contributed by atoms with E-state index in [2.05, 4.69) is 79.9 Å². The van der Waals surface area contributed by atoms with E-state index in [4.69, 9.17) is 12.6 Å². The number of carbonyl (C=O) groups is 2. The molecule has 1 aromatic heterocycles. The lowest BCUT2D eigenvalue weighted by atomic mass is 9.55. The van der Waals surface area contributed by atoms with E-state index in [1.165, 1.54) is 21.6 Å². The van der Waals surface area contributed by atoms with E-state index >= 15 is 0 Å². The van der Waals surface area contributed by atoms with Crippen molar-refractivity contribution in [3.63, 3.8) is 0 Å². The normalized spacial score (nSPS) is 25.5. The molecule has 2 aromatic rings. The molecule has 1 aliphatic heterocycles. The molecule has 5 unspecified atom stereocenters. The van der Waals surface area contributed by atoms with Crippen LogP contribution in [0.4, 0.5) is 18.0 Å². The van der Waals surface area contributed by atoms with Crippen molar-refractivity contribution in [2.24, 2.45) is 22.7 Å². The molecule has 0 spiro atoms. The number of hydrogen-bond acceptors (Lipinski definition) is 5. The Hall–Kier alpha value is -1.87. The van der Waals surface area contributed by atoms with Gasteiger partial charge in [0.05, 0.1) is 6.54 Å². The van der Waals surface area contributed by atoms with Crippen LogP contribution in [0.3, 0.4) is 0 Å². The predicted molar refractivity (Wildman–Crippen MR) is 210 cm³/mol. The van der Waals surface area contributed by atoms with E-state index in [1.807, 2.05) is 4.90 Å². The number of thioether (sulfide) groups is 1. The zero-order valence-electron chi connectivity index (χ0n) is 32.2. The van der Waals surface area contributed by atoms with Crippen molar-refractivity contribution in [2.75, 3.05) is 12.3 Å². The van der Waals surface area contributed by atoms with Gasteiger partial charge in [0, 0.05) is 28.0 Å². The Morgan fingerprint density at radius 2 is 1.79 bits per heavy atom. The smallest absolute Gasteiger partial charge is 0.410 e. The largest absolute Gasteiger partial charge is 0.415 e. The van der Waals surface area contributed by atoms with E-state index in [-0.39, 0.29) is 28.1 Å². The Balaban J connectivity index is 0.000000238. The predicted octanol–water partition coefficient (Wildman–Crippen LogP) is 10.6. The van der Waals surface area contributed by atoms with Gasteiger partial charge >= 0.3 is 6.09 Å². The summed E-state index contributed by atoms with van der Waals surface area (Å²) in [6.45, 7) is 16.4. The average molecular weight is 754 g/mol. The van der Waals surface area contributed by atoms with Gasteiger partial charge in [-0.05, 0) is 133 Å². The van der Waals surface area contributed by atoms with Crippen molar-refractivity contribution < 1.29 is 27.5 Å². The number of Topliss-reactive ketones (excluding diaryl/α,β-unsaturated/α-hetero) is 1. The molecular weight excluding hydrogens is 697 g/mol. The molecule has 1 amide bonds. The fourth-order valence-corrected chi connectivity index (χ4v) is 11.0. The summed E-state index contributed by atoms with van der Waals surface area (Å²) >= 11 is 3.44. The Labute approximate surface area is 321 Å². The van der Waals surface area contributed by atoms with E-state index in [9.17, 15) is 22.8 Å². The maximum Gasteiger partial charge on any atom is 0.415 e. The molecule has 1 aromatic carbocycles. The SMILES string of the molecule is CCc1cc2c(cc1OC(=O)N1CCc3sccc3C1)CCC1C2CCC2(C)C(=O)CCC12.[B]C(F)(F)C([B])(F)CCCSC(C)(C)C(C)(C)CC. The third-order valence-electron chi connectivity index (χ3n) is 13.5. The monoisotopic (exact) mass is 753 g/mol.